The summed E-state index contributed by atoms with van der Waals surface area (Å²) in [6, 6.07) is 6.01. The number of piperidine rings is 1. The number of hydrogen-bond acceptors (Lipinski definition) is 2. The number of halogens is 1. The number of anilines is 1. The highest BCUT2D eigenvalue weighted by atomic mass is 35.5. The monoisotopic (exact) mass is 251 g/mol. The topological polar surface area (TPSA) is 20.3 Å². The van der Waals surface area contributed by atoms with E-state index in [0.29, 0.717) is 18.7 Å². The lowest BCUT2D eigenvalue weighted by molar-refractivity contribution is -0.119. The largest absolute Gasteiger partial charge is 0.359 e. The Kier molecular flexibility index (Phi) is 3.17. The molecule has 1 saturated heterocycles. The molecule has 17 heavy (non-hydrogen) atoms. The van der Waals surface area contributed by atoms with Crippen molar-refractivity contribution in [3.8, 4) is 0 Å². The minimum Gasteiger partial charge on any atom is -0.359 e. The lowest BCUT2D eigenvalue weighted by Gasteiger charge is -2.43. The number of Topliss-reactive ketones (excluding diaryl/α,β-unsaturated/α-hetero) is 1. The summed E-state index contributed by atoms with van der Waals surface area (Å²) in [7, 11) is 0. The number of nitrogens with zero attached hydrogens (tertiary/aromatic N) is 1. The molecule has 1 fully saturated rings. The quantitative estimate of drug-likeness (QED) is 0.760. The smallest absolute Gasteiger partial charge is 0.152 e. The van der Waals surface area contributed by atoms with E-state index in [1.54, 1.807) is 0 Å². The van der Waals surface area contributed by atoms with E-state index in [1.165, 1.54) is 0 Å². The van der Waals surface area contributed by atoms with Gasteiger partial charge in [0.25, 0.3) is 0 Å². The van der Waals surface area contributed by atoms with Gasteiger partial charge in [0.1, 0.15) is 0 Å². The highest BCUT2D eigenvalue weighted by Crippen LogP contribution is 2.33. The van der Waals surface area contributed by atoms with Crippen molar-refractivity contribution in [3.63, 3.8) is 0 Å². The molecule has 92 valence electrons. The maximum absolute atomic E-state index is 11.6. The Morgan fingerprint density at radius 3 is 2.71 bits per heavy atom. The summed E-state index contributed by atoms with van der Waals surface area (Å²) in [5.74, 6) is 0.307. The molecule has 1 heterocycles. The fourth-order valence-electron chi connectivity index (χ4n) is 2.24. The third kappa shape index (κ3) is 2.47. The first-order chi connectivity index (χ1) is 7.90. The Balaban J connectivity index is 2.36. The molecule has 1 aromatic rings. The molecule has 0 atom stereocenters. The van der Waals surface area contributed by atoms with E-state index in [4.69, 9.17) is 11.6 Å². The van der Waals surface area contributed by atoms with Gasteiger partial charge in [-0.25, -0.2) is 0 Å². The van der Waals surface area contributed by atoms with Crippen molar-refractivity contribution in [1.29, 1.82) is 0 Å². The van der Waals surface area contributed by atoms with Crippen molar-refractivity contribution in [3.05, 3.63) is 28.8 Å². The highest BCUT2D eigenvalue weighted by molar-refractivity contribution is 6.31. The second kappa shape index (κ2) is 4.34. The number of hydrogen-bond donors (Lipinski definition) is 0. The summed E-state index contributed by atoms with van der Waals surface area (Å²) in [5, 5.41) is 0.760. The summed E-state index contributed by atoms with van der Waals surface area (Å²) in [6.07, 6.45) is 1.58. The first-order valence-electron chi connectivity index (χ1n) is 5.96. The van der Waals surface area contributed by atoms with Crippen LogP contribution in [0.3, 0.4) is 0 Å². The molecule has 1 aliphatic heterocycles. The summed E-state index contributed by atoms with van der Waals surface area (Å²) >= 11 is 6.15. The fraction of sp³-hybridized carbons (Fsp3) is 0.500. The zero-order chi connectivity index (χ0) is 12.6. The number of benzene rings is 1. The number of ketones is 1. The predicted octanol–water partition coefficient (Wildman–Crippen LogP) is 3.60. The van der Waals surface area contributed by atoms with Crippen molar-refractivity contribution in [2.45, 2.75) is 39.2 Å². The van der Waals surface area contributed by atoms with Crippen LogP contribution in [-0.4, -0.2) is 17.9 Å². The normalized spacial score (nSPS) is 19.5. The van der Waals surface area contributed by atoms with Crippen molar-refractivity contribution in [1.82, 2.24) is 0 Å². The molecule has 0 amide bonds. The maximum atomic E-state index is 11.6. The van der Waals surface area contributed by atoms with E-state index in [1.807, 2.05) is 25.1 Å². The number of carbonyl (C=O) groups excluding carboxylic acids is 1. The van der Waals surface area contributed by atoms with Crippen LogP contribution in [0, 0.1) is 6.92 Å². The van der Waals surface area contributed by atoms with Crippen molar-refractivity contribution < 1.29 is 4.79 Å². The molecule has 0 radical (unpaired) electrons. The van der Waals surface area contributed by atoms with Crippen molar-refractivity contribution >= 4 is 23.1 Å². The van der Waals surface area contributed by atoms with Gasteiger partial charge in [0.2, 0.25) is 0 Å². The van der Waals surface area contributed by atoms with Gasteiger partial charge in [-0.3, -0.25) is 4.79 Å². The van der Waals surface area contributed by atoms with Crippen LogP contribution in [0.4, 0.5) is 5.69 Å². The van der Waals surface area contributed by atoms with Crippen LogP contribution in [-0.2, 0) is 4.79 Å². The van der Waals surface area contributed by atoms with E-state index < -0.39 is 0 Å². The number of rotatable bonds is 1. The van der Waals surface area contributed by atoms with Crippen LogP contribution in [0.25, 0.3) is 0 Å². The first-order valence-corrected chi connectivity index (χ1v) is 6.33. The molecule has 0 saturated carbocycles. The molecule has 1 aliphatic rings. The van der Waals surface area contributed by atoms with Gasteiger partial charge >= 0.3 is 0 Å². The van der Waals surface area contributed by atoms with Crippen LogP contribution in [0.15, 0.2) is 18.2 Å². The Labute approximate surface area is 108 Å². The van der Waals surface area contributed by atoms with Gasteiger partial charge in [0, 0.05) is 22.7 Å². The molecule has 0 aliphatic carbocycles. The molecule has 2 nitrogen and oxygen atoms in total. The van der Waals surface area contributed by atoms with E-state index in [0.717, 1.165) is 22.7 Å². The van der Waals surface area contributed by atoms with E-state index in [2.05, 4.69) is 18.7 Å². The van der Waals surface area contributed by atoms with Gasteiger partial charge in [-0.1, -0.05) is 17.7 Å². The number of carbonyl (C=O) groups is 1. The summed E-state index contributed by atoms with van der Waals surface area (Å²) in [4.78, 5) is 13.8. The first kappa shape index (κ1) is 12.4. The Morgan fingerprint density at radius 1 is 1.35 bits per heavy atom. The van der Waals surface area contributed by atoms with Crippen LogP contribution in [0.5, 0.6) is 0 Å². The molecule has 1 aromatic carbocycles. The van der Waals surface area contributed by atoms with Gasteiger partial charge in [-0.2, -0.15) is 0 Å². The van der Waals surface area contributed by atoms with E-state index in [9.17, 15) is 4.79 Å². The highest BCUT2D eigenvalue weighted by Gasteiger charge is 2.33. The second-order valence-corrected chi connectivity index (χ2v) is 5.78. The Morgan fingerprint density at radius 2 is 2.06 bits per heavy atom. The van der Waals surface area contributed by atoms with Gasteiger partial charge in [-0.15, -0.1) is 0 Å². The zero-order valence-electron chi connectivity index (χ0n) is 10.6. The zero-order valence-corrected chi connectivity index (χ0v) is 11.3. The standard InChI is InChI=1S/C14H18ClNO/c1-10-4-5-11(8-13(10)15)16-9-12(17)6-7-14(16,2)3/h4-5,8H,6-7,9H2,1-3H3. The van der Waals surface area contributed by atoms with Gasteiger partial charge in [-0.05, 0) is 44.9 Å². The SMILES string of the molecule is Cc1ccc(N2CC(=O)CCC2(C)C)cc1Cl. The van der Waals surface area contributed by atoms with Crippen LogP contribution in [0.1, 0.15) is 32.3 Å². The van der Waals surface area contributed by atoms with Crippen molar-refractivity contribution in [2.75, 3.05) is 11.4 Å². The molecule has 0 unspecified atom stereocenters. The Bertz CT molecular complexity index is 454. The molecule has 0 N–H and O–H groups in total. The van der Waals surface area contributed by atoms with Crippen molar-refractivity contribution in [2.24, 2.45) is 0 Å². The van der Waals surface area contributed by atoms with Gasteiger partial charge in [0.15, 0.2) is 5.78 Å². The minimum absolute atomic E-state index is 0.0203. The third-order valence-corrected chi connectivity index (χ3v) is 3.96. The average Bonchev–Trinajstić information content (AvgIpc) is 2.26. The second-order valence-electron chi connectivity index (χ2n) is 5.37. The molecule has 0 aromatic heterocycles. The Hall–Kier alpha value is -1.02. The lowest BCUT2D eigenvalue weighted by Crippen LogP contribution is -2.51. The maximum Gasteiger partial charge on any atom is 0.152 e. The fourth-order valence-corrected chi connectivity index (χ4v) is 2.41. The van der Waals surface area contributed by atoms with E-state index >= 15 is 0 Å². The molecule has 3 heteroatoms. The lowest BCUT2D eigenvalue weighted by atomic mass is 9.89. The molecule has 0 spiro atoms. The molecular weight excluding hydrogens is 234 g/mol. The summed E-state index contributed by atoms with van der Waals surface area (Å²) in [5.41, 5.74) is 2.13. The summed E-state index contributed by atoms with van der Waals surface area (Å²) < 4.78 is 0. The van der Waals surface area contributed by atoms with Crippen LogP contribution < -0.4 is 4.90 Å². The number of aryl methyl sites for hydroxylation is 1. The van der Waals surface area contributed by atoms with Gasteiger partial charge in [0.05, 0.1) is 6.54 Å². The third-order valence-electron chi connectivity index (χ3n) is 3.55. The molecule has 2 rings (SSSR count). The molecular formula is C14H18ClNO. The summed E-state index contributed by atoms with van der Waals surface area (Å²) in [6.45, 7) is 6.82. The van der Waals surface area contributed by atoms with Gasteiger partial charge < -0.3 is 4.90 Å². The average molecular weight is 252 g/mol. The molecule has 0 bridgehead atoms. The minimum atomic E-state index is 0.0203. The van der Waals surface area contributed by atoms with Crippen LogP contribution in [0.2, 0.25) is 5.02 Å². The van der Waals surface area contributed by atoms with E-state index in [-0.39, 0.29) is 5.54 Å². The van der Waals surface area contributed by atoms with Crippen LogP contribution >= 0.6 is 11.6 Å². The predicted molar refractivity (Wildman–Crippen MR) is 71.9 cm³/mol.